The number of hydrogen-bond donors (Lipinski definition) is 2. The highest BCUT2D eigenvalue weighted by Crippen LogP contribution is 2.51. The highest BCUT2D eigenvalue weighted by atomic mass is 33.1. The van der Waals surface area contributed by atoms with Gasteiger partial charge in [0, 0.05) is 37.3 Å². The van der Waals surface area contributed by atoms with Crippen LogP contribution in [0, 0.1) is 0 Å². The van der Waals surface area contributed by atoms with Crippen molar-refractivity contribution in [3.8, 4) is 5.75 Å². The smallest absolute Gasteiger partial charge is 0.263 e. The number of amides is 1. The van der Waals surface area contributed by atoms with Crippen LogP contribution in [0.1, 0.15) is 111 Å². The van der Waals surface area contributed by atoms with E-state index in [1.165, 1.54) is 29.5 Å². The number of aliphatic imine (C=N–C) groups is 1. The number of rotatable bonds is 17. The minimum atomic E-state index is -1.63. The molecule has 0 aliphatic carbocycles. The summed E-state index contributed by atoms with van der Waals surface area (Å²) in [5.41, 5.74) is 2.54. The molecule has 1 aromatic heterocycles. The summed E-state index contributed by atoms with van der Waals surface area (Å²) in [7, 11) is 4.85. The Kier molecular flexibility index (Phi) is 17.0. The second-order valence-corrected chi connectivity index (χ2v) is 20.1. The Morgan fingerprint density at radius 3 is 2.45 bits per heavy atom. The zero-order valence-corrected chi connectivity index (χ0v) is 38.1. The fraction of sp³-hybridized carbons (Fsp3) is 0.571. The van der Waals surface area contributed by atoms with E-state index in [1.54, 1.807) is 22.5 Å². The molecule has 5 rings (SSSR count). The van der Waals surface area contributed by atoms with Gasteiger partial charge in [0.05, 0.1) is 25.5 Å². The molecule has 1 saturated heterocycles. The monoisotopic (exact) mass is 862 g/mol. The van der Waals surface area contributed by atoms with Gasteiger partial charge in [-0.05, 0) is 76.3 Å². The van der Waals surface area contributed by atoms with Crippen LogP contribution < -0.4 is 10.1 Å². The molecule has 0 saturated carbocycles. The van der Waals surface area contributed by atoms with Crippen LogP contribution in [0.5, 0.6) is 5.75 Å². The van der Waals surface area contributed by atoms with Gasteiger partial charge >= 0.3 is 0 Å². The summed E-state index contributed by atoms with van der Waals surface area (Å²) in [6.07, 6.45) is -0.857. The van der Waals surface area contributed by atoms with Crippen molar-refractivity contribution in [2.24, 2.45) is 4.99 Å². The summed E-state index contributed by atoms with van der Waals surface area (Å²) in [6.45, 7) is 19.4. The molecule has 1 fully saturated rings. The molecule has 58 heavy (non-hydrogen) atoms. The number of fused-ring (bicyclic) bond motifs is 1. The summed E-state index contributed by atoms with van der Waals surface area (Å²) < 4.78 is 49.9. The number of carbonyl (C=O) groups is 2. The maximum absolute atomic E-state index is 13.3. The second-order valence-electron chi connectivity index (χ2n) is 15.7. The first-order valence-electron chi connectivity index (χ1n) is 20.6. The minimum Gasteiger partial charge on any atom is -0.484 e. The third kappa shape index (κ3) is 12.8. The predicted molar refractivity (Wildman–Crippen MR) is 234 cm³/mol. The predicted octanol–water partition coefficient (Wildman–Crippen LogP) is 8.89. The van der Waals surface area contributed by atoms with Gasteiger partial charge in [-0.1, -0.05) is 86.5 Å². The fourth-order valence-corrected chi connectivity index (χ4v) is 10.4. The minimum absolute atomic E-state index is 0.0983. The third-order valence-electron chi connectivity index (χ3n) is 9.02. The Balaban J connectivity index is 0.00000257. The molecule has 1 amide bonds. The molecule has 13 nitrogen and oxygen atoms in total. The van der Waals surface area contributed by atoms with Crippen LogP contribution in [0.4, 0.5) is 5.82 Å². The number of aliphatic hydroxyl groups is 1. The molecule has 0 radical (unpaired) electrons. The molecule has 0 spiro atoms. The number of nitrogens with one attached hydrogen (secondary N) is 1. The van der Waals surface area contributed by atoms with Crippen molar-refractivity contribution in [1.29, 1.82) is 1.43 Å². The number of methoxy groups -OCH3 is 1. The first kappa shape index (κ1) is 44.7. The molecule has 16 heteroatoms. The van der Waals surface area contributed by atoms with Crippen LogP contribution in [-0.2, 0) is 29.7 Å². The molecule has 3 aromatic rings. The Morgan fingerprint density at radius 2 is 1.83 bits per heavy atom. The number of aromatic nitrogens is 2. The standard InChI is InChI=1S/C41H58N5O7PS2.CH4O/c1-25(2)29-16-18-31(19-17-29)50-23-35(48)43-34-22-32(47)36-39(44-34)45(24-42-36)40-38(49-11)37(28(7)52-40)53-54(46(26(3)4)27(5)6)51-21-20-30-14-12-13-15-33(30)55-56-41(8,9)10;1-2/h12-19,24-28,37-38,40H,20-23H2,1-11H3,(H,43,44,48);2H,1H3/i7D;2T. The zero-order valence-electron chi connectivity index (χ0n) is 37.6. The molecule has 2 N–H and O–H groups in total. The number of ketones is 1. The van der Waals surface area contributed by atoms with Crippen molar-refractivity contribution in [3.63, 3.8) is 0 Å². The average molecular weight is 863 g/mol. The molecule has 2 aliphatic rings. The van der Waals surface area contributed by atoms with Crippen LogP contribution in [0.3, 0.4) is 0 Å². The van der Waals surface area contributed by atoms with Crippen molar-refractivity contribution in [2.75, 3.05) is 27.4 Å². The van der Waals surface area contributed by atoms with Gasteiger partial charge in [0.25, 0.3) is 14.4 Å². The molecule has 2 aliphatic heterocycles. The normalized spacial score (nSPS) is 20.4. The lowest BCUT2D eigenvalue weighted by molar-refractivity contribution is -0.121. The maximum atomic E-state index is 13.3. The van der Waals surface area contributed by atoms with Gasteiger partial charge in [0.1, 0.15) is 23.8 Å². The van der Waals surface area contributed by atoms with Crippen molar-refractivity contribution >= 4 is 53.5 Å². The number of benzene rings is 2. The Hall–Kier alpha value is -2.85. The molecule has 2 aromatic carbocycles. The highest BCUT2D eigenvalue weighted by Gasteiger charge is 2.48. The number of amidine groups is 1. The van der Waals surface area contributed by atoms with E-state index in [2.05, 4.69) is 112 Å². The zero-order chi connectivity index (χ0) is 44.1. The van der Waals surface area contributed by atoms with E-state index in [0.717, 1.165) is 0 Å². The summed E-state index contributed by atoms with van der Waals surface area (Å²) in [5, 5.41) is 6.23. The number of aliphatic hydroxyl groups excluding tert-OH is 1. The molecule has 320 valence electrons. The van der Waals surface area contributed by atoms with Crippen LogP contribution in [-0.4, -0.2) is 101 Å². The average Bonchev–Trinajstić information content (AvgIpc) is 3.77. The number of hydrogen-bond acceptors (Lipinski definition) is 13. The van der Waals surface area contributed by atoms with Gasteiger partial charge in [0.2, 0.25) is 1.43 Å². The van der Waals surface area contributed by atoms with Gasteiger partial charge in [-0.3, -0.25) is 14.2 Å². The molecule has 5 atom stereocenters. The first-order chi connectivity index (χ1) is 28.5. The van der Waals surface area contributed by atoms with Crippen molar-refractivity contribution < 1.29 is 39.3 Å². The summed E-state index contributed by atoms with van der Waals surface area (Å²) in [4.78, 5) is 36.5. The number of imidazole rings is 1. The number of Topliss-reactive ketones (excluding diaryl/α,β-unsaturated/α-hetero) is 1. The lowest BCUT2D eigenvalue weighted by Crippen LogP contribution is -2.39. The van der Waals surface area contributed by atoms with E-state index in [-0.39, 0.29) is 59.9 Å². The molecular weight excluding hydrogens is 798 g/mol. The van der Waals surface area contributed by atoms with Crippen molar-refractivity contribution in [2.45, 2.75) is 134 Å². The van der Waals surface area contributed by atoms with E-state index in [0.29, 0.717) is 24.7 Å². The van der Waals surface area contributed by atoms with Crippen molar-refractivity contribution in [1.82, 2.24) is 19.5 Å². The van der Waals surface area contributed by atoms with Crippen LogP contribution in [0.2, 0.25) is 0 Å². The van der Waals surface area contributed by atoms with E-state index in [4.69, 9.17) is 26.1 Å². The molecule has 0 bridgehead atoms. The Bertz CT molecular complexity index is 1860. The van der Waals surface area contributed by atoms with Crippen molar-refractivity contribution in [3.05, 3.63) is 71.7 Å². The largest absolute Gasteiger partial charge is 0.484 e. The number of carbonyl (C=O) groups excluding carboxylic acids is 2. The lowest BCUT2D eigenvalue weighted by atomic mass is 10.0. The molecular formula is C42H62N5O8PS2. The van der Waals surface area contributed by atoms with E-state index < -0.39 is 39.0 Å². The third-order valence-corrected chi connectivity index (χ3v) is 14.6. The molecule has 5 unspecified atom stereocenters. The summed E-state index contributed by atoms with van der Waals surface area (Å²) in [5.74, 6) is 0.607. The Labute approximate surface area is 356 Å². The number of nitrogens with zero attached hydrogens (tertiary/aromatic N) is 4. The summed E-state index contributed by atoms with van der Waals surface area (Å²) in [6, 6.07) is 16.2. The highest BCUT2D eigenvalue weighted by molar-refractivity contribution is 8.77. The van der Waals surface area contributed by atoms with E-state index in [1.807, 2.05) is 35.1 Å². The van der Waals surface area contributed by atoms with Gasteiger partial charge in [-0.2, -0.15) is 0 Å². The van der Waals surface area contributed by atoms with Crippen LogP contribution in [0.15, 0.2) is 64.7 Å². The van der Waals surface area contributed by atoms with Gasteiger partial charge < -0.3 is 33.7 Å². The van der Waals surface area contributed by atoms with Gasteiger partial charge in [-0.15, -0.1) is 0 Å². The SMILES string of the molecule is [2H]CC1OC(n2cnc3c2N=C(NC(=O)COc2ccc(C(C)C)cc2)CC3=O)C(OC)C1OP(OCCc1ccccc1SSC(C)(C)C)N(C(C)C)C(C)C.[3H]OC. The first-order valence-corrected chi connectivity index (χ1v) is 22.8. The number of ether oxygens (including phenoxy) is 3. The second kappa shape index (κ2) is 22.1. The van der Waals surface area contributed by atoms with Crippen LogP contribution in [0.25, 0.3) is 0 Å². The molecule has 3 heterocycles. The Morgan fingerprint density at radius 1 is 1.14 bits per heavy atom. The van der Waals surface area contributed by atoms with Gasteiger partial charge in [-0.25, -0.2) is 14.6 Å². The summed E-state index contributed by atoms with van der Waals surface area (Å²) >= 11 is 0. The lowest BCUT2D eigenvalue weighted by Gasteiger charge is -2.38. The maximum Gasteiger partial charge on any atom is 0.263 e. The van der Waals surface area contributed by atoms with E-state index >= 15 is 0 Å². The van der Waals surface area contributed by atoms with E-state index in [9.17, 15) is 9.59 Å². The quantitative estimate of drug-likeness (QED) is 0.0988. The van der Waals surface area contributed by atoms with Crippen LogP contribution >= 0.6 is 30.1 Å². The van der Waals surface area contributed by atoms with Gasteiger partial charge in [0.15, 0.2) is 30.1 Å². The topological polar surface area (TPSA) is 146 Å². The fourth-order valence-electron chi connectivity index (χ4n) is 6.35.